The van der Waals surface area contributed by atoms with E-state index in [1.54, 1.807) is 12.1 Å². The van der Waals surface area contributed by atoms with E-state index in [0.29, 0.717) is 18.8 Å². The smallest absolute Gasteiger partial charge is 0.211 e. The molecule has 0 aliphatic rings. The van der Waals surface area contributed by atoms with Crippen LogP contribution >= 0.6 is 0 Å². The van der Waals surface area contributed by atoms with Gasteiger partial charge in [-0.25, -0.2) is 12.7 Å². The molecule has 120 valence electrons. The maximum atomic E-state index is 11.4. The van der Waals surface area contributed by atoms with Crippen molar-refractivity contribution in [1.29, 1.82) is 0 Å². The zero-order chi connectivity index (χ0) is 15.9. The van der Waals surface area contributed by atoms with Crippen LogP contribution in [-0.2, 0) is 16.4 Å². The molecule has 6 heteroatoms. The molecule has 0 aliphatic carbocycles. The van der Waals surface area contributed by atoms with Crippen molar-refractivity contribution in [3.05, 3.63) is 29.8 Å². The van der Waals surface area contributed by atoms with Gasteiger partial charge in [0.25, 0.3) is 0 Å². The van der Waals surface area contributed by atoms with Crippen LogP contribution in [0.15, 0.2) is 24.3 Å². The normalized spacial score (nSPS) is 13.5. The molecular formula is C15H26N2O3S. The monoisotopic (exact) mass is 314 g/mol. The Kier molecular flexibility index (Phi) is 7.14. The second-order valence-electron chi connectivity index (χ2n) is 5.30. The molecule has 0 heterocycles. The van der Waals surface area contributed by atoms with Crippen molar-refractivity contribution in [2.45, 2.75) is 32.7 Å². The van der Waals surface area contributed by atoms with Crippen LogP contribution in [0, 0.1) is 0 Å². The molecule has 0 spiro atoms. The molecule has 1 aromatic carbocycles. The highest BCUT2D eigenvalue weighted by Crippen LogP contribution is 2.17. The Bertz CT molecular complexity index is 531. The van der Waals surface area contributed by atoms with Gasteiger partial charge in [0.2, 0.25) is 10.0 Å². The van der Waals surface area contributed by atoms with Crippen molar-refractivity contribution < 1.29 is 13.5 Å². The standard InChI is InChI=1S/C15H26N2O3S/c1-4-17(21(3,19)20)11-7-10-16-13(2)12-14-8-5-6-9-15(14)18/h5-6,8-9,13,16,18H,4,7,10-12H2,1-3H3. The van der Waals surface area contributed by atoms with Gasteiger partial charge < -0.3 is 10.4 Å². The molecule has 0 bridgehead atoms. The summed E-state index contributed by atoms with van der Waals surface area (Å²) in [5.41, 5.74) is 0.920. The summed E-state index contributed by atoms with van der Waals surface area (Å²) in [5.74, 6) is 0.320. The highest BCUT2D eigenvalue weighted by Gasteiger charge is 2.13. The number of nitrogens with zero attached hydrogens (tertiary/aromatic N) is 1. The quantitative estimate of drug-likeness (QED) is 0.679. The second-order valence-corrected chi connectivity index (χ2v) is 7.28. The number of aromatic hydroxyl groups is 1. The summed E-state index contributed by atoms with van der Waals surface area (Å²) in [6.07, 6.45) is 2.76. The van der Waals surface area contributed by atoms with Crippen molar-refractivity contribution in [3.63, 3.8) is 0 Å². The maximum Gasteiger partial charge on any atom is 0.211 e. The fourth-order valence-electron chi connectivity index (χ4n) is 2.25. The molecule has 0 fully saturated rings. The Morgan fingerprint density at radius 3 is 2.57 bits per heavy atom. The minimum Gasteiger partial charge on any atom is -0.508 e. The summed E-state index contributed by atoms with van der Waals surface area (Å²) in [6, 6.07) is 7.55. The number of para-hydroxylation sites is 1. The third-order valence-corrected chi connectivity index (χ3v) is 4.80. The number of benzene rings is 1. The fraction of sp³-hybridized carbons (Fsp3) is 0.600. The maximum absolute atomic E-state index is 11.4. The first-order valence-electron chi connectivity index (χ1n) is 7.30. The Labute approximate surface area is 128 Å². The zero-order valence-corrected chi connectivity index (χ0v) is 13.9. The lowest BCUT2D eigenvalue weighted by Crippen LogP contribution is -2.34. The average Bonchev–Trinajstić information content (AvgIpc) is 2.40. The van der Waals surface area contributed by atoms with Gasteiger partial charge in [0.05, 0.1) is 6.26 Å². The number of rotatable bonds is 9. The summed E-state index contributed by atoms with van der Waals surface area (Å²) in [5, 5.41) is 13.1. The Morgan fingerprint density at radius 1 is 1.33 bits per heavy atom. The van der Waals surface area contributed by atoms with Gasteiger partial charge in [-0.2, -0.15) is 0 Å². The van der Waals surface area contributed by atoms with Crippen LogP contribution in [0.3, 0.4) is 0 Å². The third-order valence-electron chi connectivity index (χ3n) is 3.42. The molecule has 0 amide bonds. The minimum absolute atomic E-state index is 0.228. The van der Waals surface area contributed by atoms with Gasteiger partial charge in [-0.05, 0) is 37.9 Å². The van der Waals surface area contributed by atoms with Crippen molar-refractivity contribution in [1.82, 2.24) is 9.62 Å². The number of phenols is 1. The number of phenolic OH excluding ortho intramolecular Hbond substituents is 1. The van der Waals surface area contributed by atoms with Crippen LogP contribution < -0.4 is 5.32 Å². The van der Waals surface area contributed by atoms with Gasteiger partial charge in [-0.3, -0.25) is 0 Å². The molecule has 1 rings (SSSR count). The van der Waals surface area contributed by atoms with Gasteiger partial charge in [0.1, 0.15) is 5.75 Å². The largest absolute Gasteiger partial charge is 0.508 e. The van der Waals surface area contributed by atoms with E-state index < -0.39 is 10.0 Å². The van der Waals surface area contributed by atoms with Gasteiger partial charge in [0, 0.05) is 19.1 Å². The molecule has 0 saturated heterocycles. The van der Waals surface area contributed by atoms with Crippen molar-refractivity contribution in [3.8, 4) is 5.75 Å². The van der Waals surface area contributed by atoms with Crippen LogP contribution in [0.25, 0.3) is 0 Å². The van der Waals surface area contributed by atoms with E-state index in [1.807, 2.05) is 19.1 Å². The summed E-state index contributed by atoms with van der Waals surface area (Å²) in [7, 11) is -3.10. The summed E-state index contributed by atoms with van der Waals surface area (Å²) in [6.45, 7) is 5.69. The van der Waals surface area contributed by atoms with Gasteiger partial charge in [-0.1, -0.05) is 25.1 Å². The lowest BCUT2D eigenvalue weighted by atomic mass is 10.1. The first-order valence-corrected chi connectivity index (χ1v) is 9.14. The molecule has 5 nitrogen and oxygen atoms in total. The number of nitrogens with one attached hydrogen (secondary N) is 1. The average molecular weight is 314 g/mol. The molecule has 1 aromatic rings. The predicted molar refractivity (Wildman–Crippen MR) is 86.0 cm³/mol. The Morgan fingerprint density at radius 2 is 2.00 bits per heavy atom. The number of hydrogen-bond donors (Lipinski definition) is 2. The van der Waals surface area contributed by atoms with Crippen LogP contribution in [-0.4, -0.2) is 49.8 Å². The van der Waals surface area contributed by atoms with E-state index in [0.717, 1.165) is 24.9 Å². The molecular weight excluding hydrogens is 288 g/mol. The zero-order valence-electron chi connectivity index (χ0n) is 13.0. The molecule has 0 saturated carbocycles. The molecule has 2 N–H and O–H groups in total. The summed E-state index contributed by atoms with van der Waals surface area (Å²) < 4.78 is 24.4. The molecule has 1 atom stereocenters. The molecule has 0 radical (unpaired) electrons. The lowest BCUT2D eigenvalue weighted by molar-refractivity contribution is 0.410. The van der Waals surface area contributed by atoms with Crippen molar-refractivity contribution in [2.75, 3.05) is 25.9 Å². The van der Waals surface area contributed by atoms with E-state index in [9.17, 15) is 13.5 Å². The van der Waals surface area contributed by atoms with E-state index in [1.165, 1.54) is 10.6 Å². The van der Waals surface area contributed by atoms with Crippen LogP contribution in [0.5, 0.6) is 5.75 Å². The third kappa shape index (κ3) is 6.46. The van der Waals surface area contributed by atoms with Crippen LogP contribution in [0.1, 0.15) is 25.8 Å². The van der Waals surface area contributed by atoms with Crippen LogP contribution in [0.2, 0.25) is 0 Å². The Balaban J connectivity index is 2.31. The molecule has 21 heavy (non-hydrogen) atoms. The first kappa shape index (κ1) is 17.9. The first-order chi connectivity index (χ1) is 9.84. The van der Waals surface area contributed by atoms with Gasteiger partial charge in [-0.15, -0.1) is 0 Å². The Hall–Kier alpha value is -1.11. The highest BCUT2D eigenvalue weighted by atomic mass is 32.2. The fourth-order valence-corrected chi connectivity index (χ4v) is 3.18. The lowest BCUT2D eigenvalue weighted by Gasteiger charge is -2.19. The number of sulfonamides is 1. The topological polar surface area (TPSA) is 69.6 Å². The minimum atomic E-state index is -3.10. The summed E-state index contributed by atoms with van der Waals surface area (Å²) in [4.78, 5) is 0. The van der Waals surface area contributed by atoms with E-state index >= 15 is 0 Å². The van der Waals surface area contributed by atoms with Crippen LogP contribution in [0.4, 0.5) is 0 Å². The highest BCUT2D eigenvalue weighted by molar-refractivity contribution is 7.88. The van der Waals surface area contributed by atoms with Gasteiger partial charge in [0.15, 0.2) is 0 Å². The van der Waals surface area contributed by atoms with E-state index in [-0.39, 0.29) is 6.04 Å². The second kappa shape index (κ2) is 8.36. The molecule has 0 aliphatic heterocycles. The van der Waals surface area contributed by atoms with Crippen molar-refractivity contribution >= 4 is 10.0 Å². The number of hydrogen-bond acceptors (Lipinski definition) is 4. The molecule has 0 aromatic heterocycles. The van der Waals surface area contributed by atoms with E-state index in [2.05, 4.69) is 12.2 Å². The predicted octanol–water partition coefficient (Wildman–Crippen LogP) is 1.58. The van der Waals surface area contributed by atoms with Gasteiger partial charge >= 0.3 is 0 Å². The summed E-state index contributed by atoms with van der Waals surface area (Å²) >= 11 is 0. The van der Waals surface area contributed by atoms with Crippen molar-refractivity contribution in [2.24, 2.45) is 0 Å². The SMILES string of the molecule is CCN(CCCNC(C)Cc1ccccc1O)S(C)(=O)=O. The van der Waals surface area contributed by atoms with E-state index in [4.69, 9.17) is 0 Å². The molecule has 1 unspecified atom stereocenters.